The number of rotatable bonds is 5. The lowest BCUT2D eigenvalue weighted by Gasteiger charge is -2.12. The number of aromatic nitrogens is 1. The number of hydrogen-bond donors (Lipinski definition) is 1. The standard InChI is InChI=1S/C20H16F3NO2/c21-20(22,23)19-9-6-15(11-24-19)18-8-7-17(10-16(18)12-25)26-13-14-4-2-1-3-5-14/h1-11,25H,12-13H2. The third-order valence-corrected chi connectivity index (χ3v) is 3.86. The van der Waals surface area contributed by atoms with Gasteiger partial charge in [-0.3, -0.25) is 4.98 Å². The summed E-state index contributed by atoms with van der Waals surface area (Å²) in [6.45, 7) is 0.117. The summed E-state index contributed by atoms with van der Waals surface area (Å²) in [6, 6.07) is 17.0. The summed E-state index contributed by atoms with van der Waals surface area (Å²) in [7, 11) is 0. The molecule has 3 rings (SSSR count). The third-order valence-electron chi connectivity index (χ3n) is 3.86. The first-order valence-electron chi connectivity index (χ1n) is 7.91. The van der Waals surface area contributed by atoms with Gasteiger partial charge in [-0.05, 0) is 34.9 Å². The van der Waals surface area contributed by atoms with Gasteiger partial charge in [0.05, 0.1) is 6.61 Å². The average molecular weight is 359 g/mol. The highest BCUT2D eigenvalue weighted by atomic mass is 19.4. The molecule has 0 saturated heterocycles. The van der Waals surface area contributed by atoms with Crippen molar-refractivity contribution < 1.29 is 23.0 Å². The molecule has 0 radical (unpaired) electrons. The van der Waals surface area contributed by atoms with Crippen LogP contribution in [-0.4, -0.2) is 10.1 Å². The molecule has 1 heterocycles. The van der Waals surface area contributed by atoms with Gasteiger partial charge in [-0.1, -0.05) is 42.5 Å². The molecule has 2 aromatic carbocycles. The molecule has 1 N–H and O–H groups in total. The Morgan fingerprint density at radius 1 is 0.962 bits per heavy atom. The third kappa shape index (κ3) is 4.21. The maximum absolute atomic E-state index is 12.6. The van der Waals surface area contributed by atoms with Crippen molar-refractivity contribution in [1.82, 2.24) is 4.98 Å². The monoisotopic (exact) mass is 359 g/mol. The van der Waals surface area contributed by atoms with Gasteiger partial charge in [0.2, 0.25) is 0 Å². The lowest BCUT2D eigenvalue weighted by molar-refractivity contribution is -0.141. The van der Waals surface area contributed by atoms with E-state index in [1.807, 2.05) is 30.3 Å². The first kappa shape index (κ1) is 17.9. The topological polar surface area (TPSA) is 42.4 Å². The Balaban J connectivity index is 1.80. The molecule has 0 spiro atoms. The van der Waals surface area contributed by atoms with E-state index in [1.54, 1.807) is 18.2 Å². The molecule has 134 valence electrons. The second-order valence-corrected chi connectivity index (χ2v) is 5.68. The van der Waals surface area contributed by atoms with Crippen LogP contribution in [0.4, 0.5) is 13.2 Å². The van der Waals surface area contributed by atoms with Gasteiger partial charge in [0.25, 0.3) is 0 Å². The molecule has 0 aliphatic carbocycles. The summed E-state index contributed by atoms with van der Waals surface area (Å²) in [6.07, 6.45) is -3.32. The smallest absolute Gasteiger partial charge is 0.433 e. The first-order chi connectivity index (χ1) is 12.5. The zero-order chi connectivity index (χ0) is 18.6. The molecule has 0 atom stereocenters. The number of halogens is 3. The summed E-state index contributed by atoms with van der Waals surface area (Å²) < 4.78 is 43.6. The van der Waals surface area contributed by atoms with Crippen LogP contribution in [0.2, 0.25) is 0 Å². The number of ether oxygens (including phenoxy) is 1. The predicted octanol–water partition coefficient (Wildman–Crippen LogP) is 4.84. The lowest BCUT2D eigenvalue weighted by Crippen LogP contribution is -2.07. The van der Waals surface area contributed by atoms with Crippen LogP contribution >= 0.6 is 0 Å². The van der Waals surface area contributed by atoms with Gasteiger partial charge >= 0.3 is 6.18 Å². The van der Waals surface area contributed by atoms with Crippen LogP contribution in [0.15, 0.2) is 66.9 Å². The number of hydrogen-bond acceptors (Lipinski definition) is 3. The van der Waals surface area contributed by atoms with Crippen molar-refractivity contribution in [2.24, 2.45) is 0 Å². The van der Waals surface area contributed by atoms with Gasteiger partial charge in [0.15, 0.2) is 0 Å². The zero-order valence-corrected chi connectivity index (χ0v) is 13.7. The zero-order valence-electron chi connectivity index (χ0n) is 13.7. The fourth-order valence-corrected chi connectivity index (χ4v) is 2.53. The van der Waals surface area contributed by atoms with Crippen molar-refractivity contribution in [1.29, 1.82) is 0 Å². The summed E-state index contributed by atoms with van der Waals surface area (Å²) in [5.41, 5.74) is 1.72. The maximum atomic E-state index is 12.6. The SMILES string of the molecule is OCc1cc(OCc2ccccc2)ccc1-c1ccc(C(F)(F)F)nc1. The van der Waals surface area contributed by atoms with Crippen LogP contribution in [-0.2, 0) is 19.4 Å². The fraction of sp³-hybridized carbons (Fsp3) is 0.150. The van der Waals surface area contributed by atoms with Crippen LogP contribution in [0.1, 0.15) is 16.8 Å². The fourth-order valence-electron chi connectivity index (χ4n) is 2.53. The quantitative estimate of drug-likeness (QED) is 0.709. The molecule has 26 heavy (non-hydrogen) atoms. The molecule has 6 heteroatoms. The van der Waals surface area contributed by atoms with Crippen molar-refractivity contribution >= 4 is 0 Å². The van der Waals surface area contributed by atoms with Crippen molar-refractivity contribution in [2.75, 3.05) is 0 Å². The van der Waals surface area contributed by atoms with E-state index in [-0.39, 0.29) is 6.61 Å². The molecular weight excluding hydrogens is 343 g/mol. The Morgan fingerprint density at radius 3 is 2.35 bits per heavy atom. The number of benzene rings is 2. The van der Waals surface area contributed by atoms with Gasteiger partial charge in [-0.25, -0.2) is 0 Å². The van der Waals surface area contributed by atoms with E-state index in [1.165, 1.54) is 6.07 Å². The van der Waals surface area contributed by atoms with Crippen LogP contribution in [0.25, 0.3) is 11.1 Å². The van der Waals surface area contributed by atoms with Crippen molar-refractivity contribution in [3.8, 4) is 16.9 Å². The maximum Gasteiger partial charge on any atom is 0.433 e. The Morgan fingerprint density at radius 2 is 1.73 bits per heavy atom. The van der Waals surface area contributed by atoms with Crippen molar-refractivity contribution in [3.05, 3.63) is 83.7 Å². The summed E-state index contributed by atoms with van der Waals surface area (Å²) in [5, 5.41) is 9.62. The normalized spacial score (nSPS) is 11.4. The highest BCUT2D eigenvalue weighted by molar-refractivity contribution is 5.67. The van der Waals surface area contributed by atoms with Gasteiger partial charge < -0.3 is 9.84 Å². The van der Waals surface area contributed by atoms with Gasteiger partial charge in [-0.2, -0.15) is 13.2 Å². The van der Waals surface area contributed by atoms with Gasteiger partial charge in [0, 0.05) is 11.8 Å². The largest absolute Gasteiger partial charge is 0.489 e. The molecule has 0 aliphatic rings. The van der Waals surface area contributed by atoms with Crippen LogP contribution in [0.3, 0.4) is 0 Å². The Bertz CT molecular complexity index is 862. The molecule has 3 nitrogen and oxygen atoms in total. The predicted molar refractivity (Wildman–Crippen MR) is 91.4 cm³/mol. The van der Waals surface area contributed by atoms with Crippen LogP contribution in [0.5, 0.6) is 5.75 Å². The van der Waals surface area contributed by atoms with Gasteiger partial charge in [0.1, 0.15) is 18.1 Å². The molecule has 3 aromatic rings. The molecule has 0 fully saturated rings. The minimum Gasteiger partial charge on any atom is -0.489 e. The van der Waals surface area contributed by atoms with Crippen LogP contribution in [0, 0.1) is 0 Å². The highest BCUT2D eigenvalue weighted by Crippen LogP contribution is 2.31. The van der Waals surface area contributed by atoms with E-state index in [0.717, 1.165) is 17.8 Å². The summed E-state index contributed by atoms with van der Waals surface area (Å²) in [4.78, 5) is 3.46. The molecule has 0 saturated carbocycles. The van der Waals surface area contributed by atoms with E-state index in [4.69, 9.17) is 4.74 Å². The van der Waals surface area contributed by atoms with Crippen LogP contribution < -0.4 is 4.74 Å². The molecule has 0 unspecified atom stereocenters. The number of aliphatic hydroxyl groups is 1. The number of aliphatic hydroxyl groups excluding tert-OH is 1. The van der Waals surface area contributed by atoms with Crippen molar-refractivity contribution in [3.63, 3.8) is 0 Å². The lowest BCUT2D eigenvalue weighted by atomic mass is 10.0. The highest BCUT2D eigenvalue weighted by Gasteiger charge is 2.32. The van der Waals surface area contributed by atoms with E-state index in [9.17, 15) is 18.3 Å². The summed E-state index contributed by atoms with van der Waals surface area (Å²) >= 11 is 0. The van der Waals surface area contributed by atoms with Crippen molar-refractivity contribution in [2.45, 2.75) is 19.4 Å². The van der Waals surface area contributed by atoms with E-state index >= 15 is 0 Å². The van der Waals surface area contributed by atoms with Gasteiger partial charge in [-0.15, -0.1) is 0 Å². The Hall–Kier alpha value is -2.86. The summed E-state index contributed by atoms with van der Waals surface area (Å²) in [5.74, 6) is 0.571. The number of nitrogens with zero attached hydrogens (tertiary/aromatic N) is 1. The Labute approximate surface area is 148 Å². The molecule has 0 amide bonds. The average Bonchev–Trinajstić information content (AvgIpc) is 2.66. The van der Waals surface area contributed by atoms with E-state index in [0.29, 0.717) is 29.0 Å². The minimum atomic E-state index is -4.48. The molecule has 0 aliphatic heterocycles. The molecule has 1 aromatic heterocycles. The minimum absolute atomic E-state index is 0.265. The molecular formula is C20H16F3NO2. The number of alkyl halides is 3. The second kappa shape index (κ2) is 7.58. The Kier molecular flexibility index (Phi) is 5.23. The first-order valence-corrected chi connectivity index (χ1v) is 7.91. The molecule has 0 bridgehead atoms. The van der Waals surface area contributed by atoms with E-state index < -0.39 is 11.9 Å². The number of pyridine rings is 1. The van der Waals surface area contributed by atoms with E-state index in [2.05, 4.69) is 4.98 Å². The second-order valence-electron chi connectivity index (χ2n) is 5.68.